The first-order valence-electron chi connectivity index (χ1n) is 7.63. The summed E-state index contributed by atoms with van der Waals surface area (Å²) in [5.74, 6) is 1.96. The Labute approximate surface area is 139 Å². The third-order valence-corrected chi connectivity index (χ3v) is 5.27. The lowest BCUT2D eigenvalue weighted by molar-refractivity contribution is 0.405. The van der Waals surface area contributed by atoms with E-state index in [0.717, 1.165) is 16.6 Å². The van der Waals surface area contributed by atoms with Gasteiger partial charge in [0.15, 0.2) is 0 Å². The fraction of sp³-hybridized carbons (Fsp3) is 0.263. The summed E-state index contributed by atoms with van der Waals surface area (Å²) >= 11 is 3.59. The molecule has 3 heteroatoms. The Morgan fingerprint density at radius 1 is 1.18 bits per heavy atom. The number of hydrogen-bond acceptors (Lipinski definition) is 2. The molecule has 0 fully saturated rings. The molecule has 0 radical (unpaired) electrons. The van der Waals surface area contributed by atoms with E-state index in [1.54, 1.807) is 7.11 Å². The van der Waals surface area contributed by atoms with Crippen LogP contribution in [0, 0.1) is 5.92 Å². The van der Waals surface area contributed by atoms with E-state index in [4.69, 9.17) is 4.74 Å². The third-order valence-electron chi connectivity index (χ3n) is 4.78. The molecule has 1 aliphatic carbocycles. The van der Waals surface area contributed by atoms with Gasteiger partial charge >= 0.3 is 0 Å². The van der Waals surface area contributed by atoms with Crippen LogP contribution in [0.15, 0.2) is 59.1 Å². The quantitative estimate of drug-likeness (QED) is 0.739. The van der Waals surface area contributed by atoms with Crippen LogP contribution in [-0.4, -0.2) is 7.11 Å². The molecule has 3 atom stereocenters. The molecule has 0 spiro atoms. The molecule has 0 bridgehead atoms. The minimum atomic E-state index is 0.346. The van der Waals surface area contributed by atoms with Crippen molar-refractivity contribution in [2.24, 2.45) is 5.92 Å². The first kappa shape index (κ1) is 13.9. The largest absolute Gasteiger partial charge is 0.497 e. The van der Waals surface area contributed by atoms with Gasteiger partial charge in [-0.05, 0) is 53.8 Å². The van der Waals surface area contributed by atoms with E-state index in [-0.39, 0.29) is 0 Å². The van der Waals surface area contributed by atoms with Gasteiger partial charge in [-0.2, -0.15) is 0 Å². The number of halogens is 1. The lowest BCUT2D eigenvalue weighted by Crippen LogP contribution is -2.29. The number of hydrogen-bond donors (Lipinski definition) is 1. The van der Waals surface area contributed by atoms with E-state index in [1.807, 2.05) is 6.07 Å². The van der Waals surface area contributed by atoms with Crippen LogP contribution in [0.5, 0.6) is 5.75 Å². The number of anilines is 1. The monoisotopic (exact) mass is 355 g/mol. The Morgan fingerprint density at radius 2 is 2.09 bits per heavy atom. The van der Waals surface area contributed by atoms with Crippen molar-refractivity contribution in [1.82, 2.24) is 0 Å². The standard InChI is InChI=1S/C19H18BrNO/c1-22-14-8-9-18-17(11-14)15-6-3-7-16(15)19(21-18)12-4-2-5-13(20)10-12/h2-6,8-11,15-16,19,21H,7H2,1H3/t15-,16+,19+/m1/s1. The van der Waals surface area contributed by atoms with Crippen LogP contribution < -0.4 is 10.1 Å². The summed E-state index contributed by atoms with van der Waals surface area (Å²) in [7, 11) is 1.73. The van der Waals surface area contributed by atoms with Gasteiger partial charge in [0.05, 0.1) is 13.2 Å². The van der Waals surface area contributed by atoms with Gasteiger partial charge in [0.25, 0.3) is 0 Å². The number of benzene rings is 2. The van der Waals surface area contributed by atoms with Gasteiger partial charge < -0.3 is 10.1 Å². The molecule has 0 amide bonds. The van der Waals surface area contributed by atoms with E-state index in [9.17, 15) is 0 Å². The van der Waals surface area contributed by atoms with E-state index in [2.05, 4.69) is 69.8 Å². The van der Waals surface area contributed by atoms with Crippen molar-refractivity contribution in [2.75, 3.05) is 12.4 Å². The van der Waals surface area contributed by atoms with Gasteiger partial charge in [-0.25, -0.2) is 0 Å². The normalized spacial score (nSPS) is 25.3. The topological polar surface area (TPSA) is 21.3 Å². The van der Waals surface area contributed by atoms with Crippen molar-refractivity contribution >= 4 is 21.6 Å². The number of rotatable bonds is 2. The smallest absolute Gasteiger partial charge is 0.119 e. The van der Waals surface area contributed by atoms with Gasteiger partial charge in [-0.3, -0.25) is 0 Å². The number of fused-ring (bicyclic) bond motifs is 3. The van der Waals surface area contributed by atoms with Gasteiger partial charge in [-0.15, -0.1) is 0 Å². The molecule has 0 saturated heterocycles. The zero-order valence-electron chi connectivity index (χ0n) is 12.4. The molecule has 1 N–H and O–H groups in total. The Bertz CT molecular complexity index is 740. The zero-order chi connectivity index (χ0) is 15.1. The molecule has 0 saturated carbocycles. The zero-order valence-corrected chi connectivity index (χ0v) is 14.0. The summed E-state index contributed by atoms with van der Waals surface area (Å²) in [5.41, 5.74) is 3.91. The first-order chi connectivity index (χ1) is 10.8. The van der Waals surface area contributed by atoms with Crippen molar-refractivity contribution in [3.63, 3.8) is 0 Å². The molecule has 0 aromatic heterocycles. The SMILES string of the molecule is COc1ccc2c(c1)[C@@H]1C=CC[C@@H]1[C@H](c1cccc(Br)c1)N2. The van der Waals surface area contributed by atoms with Crippen molar-refractivity contribution in [3.05, 3.63) is 70.2 Å². The number of allylic oxidation sites excluding steroid dienone is 2. The Balaban J connectivity index is 1.78. The second kappa shape index (κ2) is 5.47. The highest BCUT2D eigenvalue weighted by molar-refractivity contribution is 9.10. The molecular weight excluding hydrogens is 338 g/mol. The minimum Gasteiger partial charge on any atom is -0.497 e. The first-order valence-corrected chi connectivity index (χ1v) is 8.42. The molecule has 2 nitrogen and oxygen atoms in total. The Hall–Kier alpha value is -1.74. The summed E-state index contributed by atoms with van der Waals surface area (Å²) in [5, 5.41) is 3.75. The number of ether oxygens (including phenoxy) is 1. The Morgan fingerprint density at radius 3 is 2.91 bits per heavy atom. The van der Waals surface area contributed by atoms with Crippen molar-refractivity contribution in [1.29, 1.82) is 0 Å². The average molecular weight is 356 g/mol. The Kier molecular flexibility index (Phi) is 3.45. The lowest BCUT2D eigenvalue weighted by atomic mass is 9.77. The van der Waals surface area contributed by atoms with E-state index >= 15 is 0 Å². The lowest BCUT2D eigenvalue weighted by Gasteiger charge is -2.37. The van der Waals surface area contributed by atoms with Crippen molar-refractivity contribution < 1.29 is 4.74 Å². The number of nitrogens with one attached hydrogen (secondary N) is 1. The van der Waals surface area contributed by atoms with Crippen LogP contribution in [0.4, 0.5) is 5.69 Å². The van der Waals surface area contributed by atoms with Gasteiger partial charge in [0.2, 0.25) is 0 Å². The molecular formula is C19H18BrNO. The summed E-state index contributed by atoms with van der Waals surface area (Å²) in [6.45, 7) is 0. The van der Waals surface area contributed by atoms with Crippen LogP contribution in [0.2, 0.25) is 0 Å². The molecule has 2 aromatic rings. The second-order valence-corrected chi connectivity index (χ2v) is 6.90. The van der Waals surface area contributed by atoms with Crippen LogP contribution in [0.1, 0.15) is 29.5 Å². The second-order valence-electron chi connectivity index (χ2n) is 5.98. The highest BCUT2D eigenvalue weighted by Crippen LogP contribution is 2.50. The van der Waals surface area contributed by atoms with E-state index in [1.165, 1.54) is 16.8 Å². The molecule has 1 aliphatic heterocycles. The molecule has 2 aliphatic rings. The van der Waals surface area contributed by atoms with Gasteiger partial charge in [0.1, 0.15) is 5.75 Å². The average Bonchev–Trinajstić information content (AvgIpc) is 3.03. The molecule has 2 aromatic carbocycles. The van der Waals surface area contributed by atoms with Crippen LogP contribution in [0.3, 0.4) is 0 Å². The maximum Gasteiger partial charge on any atom is 0.119 e. The van der Waals surface area contributed by atoms with Gasteiger partial charge in [-0.1, -0.05) is 40.2 Å². The maximum atomic E-state index is 5.40. The molecule has 22 heavy (non-hydrogen) atoms. The van der Waals surface area contributed by atoms with Gasteiger partial charge in [0, 0.05) is 16.1 Å². The van der Waals surface area contributed by atoms with Crippen molar-refractivity contribution in [3.8, 4) is 5.75 Å². The summed E-state index contributed by atoms with van der Waals surface area (Å²) < 4.78 is 6.53. The van der Waals surface area contributed by atoms with Crippen molar-refractivity contribution in [2.45, 2.75) is 18.4 Å². The highest BCUT2D eigenvalue weighted by atomic mass is 79.9. The minimum absolute atomic E-state index is 0.346. The fourth-order valence-corrected chi connectivity index (χ4v) is 4.15. The summed E-state index contributed by atoms with van der Waals surface area (Å²) in [4.78, 5) is 0. The van der Waals surface area contributed by atoms with Crippen LogP contribution >= 0.6 is 15.9 Å². The molecule has 4 rings (SSSR count). The highest BCUT2D eigenvalue weighted by Gasteiger charge is 2.37. The third kappa shape index (κ3) is 2.24. The molecule has 112 valence electrons. The molecule has 1 heterocycles. The predicted octanol–water partition coefficient (Wildman–Crippen LogP) is 5.28. The fourth-order valence-electron chi connectivity index (χ4n) is 3.73. The summed E-state index contributed by atoms with van der Waals surface area (Å²) in [6.07, 6.45) is 5.79. The van der Waals surface area contributed by atoms with Crippen LogP contribution in [0.25, 0.3) is 0 Å². The molecule has 0 unspecified atom stereocenters. The van der Waals surface area contributed by atoms with Crippen LogP contribution in [-0.2, 0) is 0 Å². The predicted molar refractivity (Wildman–Crippen MR) is 93.5 cm³/mol. The number of methoxy groups -OCH3 is 1. The maximum absolute atomic E-state index is 5.40. The van der Waals surface area contributed by atoms with E-state index < -0.39 is 0 Å². The van der Waals surface area contributed by atoms with E-state index in [0.29, 0.717) is 17.9 Å². The summed E-state index contributed by atoms with van der Waals surface area (Å²) in [6, 6.07) is 15.3.